The van der Waals surface area contributed by atoms with Gasteiger partial charge in [-0.25, -0.2) is 4.68 Å². The van der Waals surface area contributed by atoms with Gasteiger partial charge >= 0.3 is 5.69 Å². The molecule has 0 fully saturated rings. The van der Waals surface area contributed by atoms with Crippen LogP contribution in [0.3, 0.4) is 0 Å². The molecule has 20 heavy (non-hydrogen) atoms. The molecule has 0 aromatic carbocycles. The van der Waals surface area contributed by atoms with Crippen LogP contribution in [-0.2, 0) is 0 Å². The van der Waals surface area contributed by atoms with E-state index in [4.69, 9.17) is 0 Å². The molecule has 0 unspecified atom stereocenters. The van der Waals surface area contributed by atoms with Gasteiger partial charge < -0.3 is 10.2 Å². The van der Waals surface area contributed by atoms with Crippen LogP contribution >= 0.6 is 0 Å². The topological polar surface area (TPSA) is 76.2 Å². The third-order valence-electron chi connectivity index (χ3n) is 3.62. The second-order valence-corrected chi connectivity index (χ2v) is 6.14. The van der Waals surface area contributed by atoms with Crippen LogP contribution in [0.15, 0.2) is 0 Å². The Labute approximate surface area is 120 Å². The zero-order valence-electron chi connectivity index (χ0n) is 13.4. The number of anilines is 1. The van der Waals surface area contributed by atoms with Crippen molar-refractivity contribution in [2.45, 2.75) is 46.2 Å². The zero-order chi connectivity index (χ0) is 15.7. The first-order chi connectivity index (χ1) is 9.08. The summed E-state index contributed by atoms with van der Waals surface area (Å²) in [5.41, 5.74) is 0.385. The fraction of sp³-hybridized carbons (Fsp3) is 0.769. The normalized spacial score (nSPS) is 12.2. The van der Waals surface area contributed by atoms with E-state index in [-0.39, 0.29) is 22.2 Å². The summed E-state index contributed by atoms with van der Waals surface area (Å²) in [6.07, 6.45) is 0. The number of nitrogens with zero attached hydrogens (tertiary/aromatic N) is 4. The van der Waals surface area contributed by atoms with E-state index < -0.39 is 0 Å². The molecular formula is C13H25N5O2. The fourth-order valence-electron chi connectivity index (χ4n) is 1.75. The number of hydrogen-bond acceptors (Lipinski definition) is 5. The highest BCUT2D eigenvalue weighted by Gasteiger charge is 2.28. The van der Waals surface area contributed by atoms with Crippen molar-refractivity contribution in [3.63, 3.8) is 0 Å². The summed E-state index contributed by atoms with van der Waals surface area (Å²) in [6, 6.07) is 0.0624. The van der Waals surface area contributed by atoms with Crippen molar-refractivity contribution < 1.29 is 4.92 Å². The first kappa shape index (κ1) is 16.4. The van der Waals surface area contributed by atoms with Gasteiger partial charge in [-0.15, -0.1) is 0 Å². The van der Waals surface area contributed by atoms with Crippen molar-refractivity contribution >= 4 is 11.5 Å². The third-order valence-corrected chi connectivity index (χ3v) is 3.62. The lowest BCUT2D eigenvalue weighted by Gasteiger charge is -2.33. The summed E-state index contributed by atoms with van der Waals surface area (Å²) in [7, 11) is 3.97. The number of aryl methyl sites for hydroxylation is 1. The number of aromatic nitrogens is 2. The molecule has 0 atom stereocenters. The van der Waals surface area contributed by atoms with Crippen LogP contribution in [0.4, 0.5) is 11.5 Å². The molecule has 1 heterocycles. The highest BCUT2D eigenvalue weighted by molar-refractivity contribution is 5.60. The minimum absolute atomic E-state index is 0.0624. The minimum Gasteiger partial charge on any atom is -0.363 e. The summed E-state index contributed by atoms with van der Waals surface area (Å²) >= 11 is 0. The molecular weight excluding hydrogens is 258 g/mol. The highest BCUT2D eigenvalue weighted by atomic mass is 16.6. The molecule has 0 saturated heterocycles. The lowest BCUT2D eigenvalue weighted by atomic mass is 10.0. The molecule has 0 spiro atoms. The van der Waals surface area contributed by atoms with E-state index in [1.807, 2.05) is 27.9 Å². The number of hydrogen-bond donors (Lipinski definition) is 1. The van der Waals surface area contributed by atoms with Crippen LogP contribution in [0.5, 0.6) is 0 Å². The van der Waals surface area contributed by atoms with Gasteiger partial charge in [0.05, 0.1) is 4.92 Å². The summed E-state index contributed by atoms with van der Waals surface area (Å²) in [4.78, 5) is 12.9. The predicted octanol–water partition coefficient (Wildman–Crippen LogP) is 2.43. The largest absolute Gasteiger partial charge is 0.363 e. The van der Waals surface area contributed by atoms with E-state index in [0.717, 1.165) is 0 Å². The molecule has 1 N–H and O–H groups in total. The van der Waals surface area contributed by atoms with Crippen molar-refractivity contribution in [3.8, 4) is 0 Å². The number of likely N-dealkylation sites (N-methyl/N-ethyl adjacent to an activating group) is 1. The van der Waals surface area contributed by atoms with Crippen LogP contribution in [0.1, 0.15) is 39.4 Å². The second-order valence-electron chi connectivity index (χ2n) is 6.14. The smallest absolute Gasteiger partial charge is 0.333 e. The van der Waals surface area contributed by atoms with E-state index in [0.29, 0.717) is 18.1 Å². The molecule has 7 nitrogen and oxygen atoms in total. The van der Waals surface area contributed by atoms with Gasteiger partial charge in [-0.05, 0) is 48.7 Å². The Morgan fingerprint density at radius 1 is 1.45 bits per heavy atom. The average molecular weight is 283 g/mol. The van der Waals surface area contributed by atoms with Gasteiger partial charge in [0.15, 0.2) is 0 Å². The maximum absolute atomic E-state index is 11.2. The van der Waals surface area contributed by atoms with Gasteiger partial charge in [0.25, 0.3) is 0 Å². The van der Waals surface area contributed by atoms with Crippen molar-refractivity contribution in [2.75, 3.05) is 26.0 Å². The standard InChI is InChI=1S/C13H25N5O2/c1-9(2)17-12(11(18(19)20)10(3)15-17)14-8-13(4,5)16(6)7/h9,14H,8H2,1-7H3. The van der Waals surface area contributed by atoms with Gasteiger partial charge in [-0.2, -0.15) is 5.10 Å². The monoisotopic (exact) mass is 283 g/mol. The molecule has 1 rings (SSSR count). The summed E-state index contributed by atoms with van der Waals surface area (Å²) in [5, 5.41) is 18.7. The van der Waals surface area contributed by atoms with Gasteiger partial charge in [0, 0.05) is 18.1 Å². The third kappa shape index (κ3) is 3.27. The Bertz CT molecular complexity index is 491. The van der Waals surface area contributed by atoms with E-state index in [1.54, 1.807) is 11.6 Å². The molecule has 0 aliphatic carbocycles. The fourth-order valence-corrected chi connectivity index (χ4v) is 1.75. The van der Waals surface area contributed by atoms with Crippen molar-refractivity contribution in [1.82, 2.24) is 14.7 Å². The second kappa shape index (κ2) is 5.78. The zero-order valence-corrected chi connectivity index (χ0v) is 13.4. The molecule has 0 amide bonds. The molecule has 0 bridgehead atoms. The van der Waals surface area contributed by atoms with Crippen molar-refractivity contribution in [1.29, 1.82) is 0 Å². The first-order valence-electron chi connectivity index (χ1n) is 6.72. The van der Waals surface area contributed by atoms with Crippen LogP contribution in [0.25, 0.3) is 0 Å². The van der Waals surface area contributed by atoms with E-state index in [1.165, 1.54) is 0 Å². The van der Waals surface area contributed by atoms with E-state index >= 15 is 0 Å². The van der Waals surface area contributed by atoms with Crippen LogP contribution in [0.2, 0.25) is 0 Å². The molecule has 0 radical (unpaired) electrons. The number of nitrogens with one attached hydrogen (secondary N) is 1. The molecule has 1 aromatic rings. The Morgan fingerprint density at radius 3 is 2.40 bits per heavy atom. The molecule has 7 heteroatoms. The SMILES string of the molecule is Cc1nn(C(C)C)c(NCC(C)(C)N(C)C)c1[N+](=O)[O-]. The molecule has 1 aromatic heterocycles. The Kier molecular flexibility index (Phi) is 4.75. The van der Waals surface area contributed by atoms with Gasteiger partial charge in [0.1, 0.15) is 5.69 Å². The average Bonchev–Trinajstić information content (AvgIpc) is 2.63. The summed E-state index contributed by atoms with van der Waals surface area (Å²) in [5.74, 6) is 0.484. The van der Waals surface area contributed by atoms with Gasteiger partial charge in [-0.3, -0.25) is 10.1 Å². The molecule has 0 aliphatic rings. The Balaban J connectivity index is 3.13. The van der Waals surface area contributed by atoms with E-state index in [9.17, 15) is 10.1 Å². The van der Waals surface area contributed by atoms with Crippen molar-refractivity contribution in [2.24, 2.45) is 0 Å². The van der Waals surface area contributed by atoms with E-state index in [2.05, 4.69) is 29.2 Å². The maximum atomic E-state index is 11.2. The first-order valence-corrected chi connectivity index (χ1v) is 6.72. The molecule has 114 valence electrons. The number of rotatable bonds is 6. The molecule has 0 saturated carbocycles. The van der Waals surface area contributed by atoms with Crippen molar-refractivity contribution in [3.05, 3.63) is 15.8 Å². The summed E-state index contributed by atoms with van der Waals surface area (Å²) in [6.45, 7) is 10.3. The maximum Gasteiger partial charge on any atom is 0.333 e. The van der Waals surface area contributed by atoms with Crippen LogP contribution in [-0.4, -0.2) is 45.8 Å². The predicted molar refractivity (Wildman–Crippen MR) is 80.3 cm³/mol. The summed E-state index contributed by atoms with van der Waals surface area (Å²) < 4.78 is 1.68. The van der Waals surface area contributed by atoms with Gasteiger partial charge in [-0.1, -0.05) is 0 Å². The van der Waals surface area contributed by atoms with Gasteiger partial charge in [0.2, 0.25) is 5.82 Å². The van der Waals surface area contributed by atoms with Crippen LogP contribution < -0.4 is 5.32 Å². The Morgan fingerprint density at radius 2 is 2.00 bits per heavy atom. The lowest BCUT2D eigenvalue weighted by molar-refractivity contribution is -0.384. The van der Waals surface area contributed by atoms with Crippen LogP contribution in [0, 0.1) is 17.0 Å². The minimum atomic E-state index is -0.369. The quantitative estimate of drug-likeness (QED) is 0.641. The highest BCUT2D eigenvalue weighted by Crippen LogP contribution is 2.31. The lowest BCUT2D eigenvalue weighted by Crippen LogP contribution is -2.44. The number of nitro groups is 1. The Hall–Kier alpha value is -1.63. The molecule has 0 aliphatic heterocycles.